The first-order chi connectivity index (χ1) is 6.43. The average Bonchev–Trinajstić information content (AvgIpc) is 2.03. The Balaban J connectivity index is 3.98. The normalized spacial score (nSPS) is 14.8. The molecule has 0 aromatic rings. The maximum atomic E-state index is 12.3. The molecule has 0 radical (unpaired) electrons. The summed E-state index contributed by atoms with van der Waals surface area (Å²) in [6, 6.07) is -1.56. The molecule has 0 saturated heterocycles. The number of alkyl halides is 3. The standard InChI is InChI=1S/C8H17F3N2O/c1-13(4-3-5-14-2)7(6-12)8(9,10)11/h7H,3-6,12H2,1-2H3. The topological polar surface area (TPSA) is 38.5 Å². The van der Waals surface area contributed by atoms with Gasteiger partial charge in [0.25, 0.3) is 0 Å². The summed E-state index contributed by atoms with van der Waals surface area (Å²) in [5.74, 6) is 0. The second-order valence-corrected chi connectivity index (χ2v) is 3.12. The molecular weight excluding hydrogens is 197 g/mol. The van der Waals surface area contributed by atoms with Gasteiger partial charge in [0.15, 0.2) is 0 Å². The highest BCUT2D eigenvalue weighted by Gasteiger charge is 2.40. The first kappa shape index (κ1) is 13.7. The third-order valence-corrected chi connectivity index (χ3v) is 1.99. The van der Waals surface area contributed by atoms with E-state index in [2.05, 4.69) is 0 Å². The number of likely N-dealkylation sites (N-methyl/N-ethyl adjacent to an activating group) is 1. The van der Waals surface area contributed by atoms with E-state index in [0.29, 0.717) is 19.6 Å². The minimum Gasteiger partial charge on any atom is -0.385 e. The van der Waals surface area contributed by atoms with E-state index in [9.17, 15) is 13.2 Å². The van der Waals surface area contributed by atoms with E-state index in [1.807, 2.05) is 0 Å². The van der Waals surface area contributed by atoms with Crippen molar-refractivity contribution in [3.8, 4) is 0 Å². The minimum atomic E-state index is -4.25. The van der Waals surface area contributed by atoms with Crippen molar-refractivity contribution in [1.29, 1.82) is 0 Å². The largest absolute Gasteiger partial charge is 0.405 e. The summed E-state index contributed by atoms with van der Waals surface area (Å²) in [5.41, 5.74) is 5.07. The smallest absolute Gasteiger partial charge is 0.385 e. The van der Waals surface area contributed by atoms with E-state index in [-0.39, 0.29) is 0 Å². The highest BCUT2D eigenvalue weighted by molar-refractivity contribution is 4.77. The molecule has 1 unspecified atom stereocenters. The van der Waals surface area contributed by atoms with E-state index < -0.39 is 18.8 Å². The fraction of sp³-hybridized carbons (Fsp3) is 1.00. The third kappa shape index (κ3) is 4.78. The van der Waals surface area contributed by atoms with Crippen LogP contribution in [0.15, 0.2) is 0 Å². The van der Waals surface area contributed by atoms with Crippen molar-refractivity contribution in [2.75, 3.05) is 33.9 Å². The summed E-state index contributed by atoms with van der Waals surface area (Å²) in [7, 11) is 2.94. The first-order valence-corrected chi connectivity index (χ1v) is 4.39. The Morgan fingerprint density at radius 3 is 2.36 bits per heavy atom. The fourth-order valence-corrected chi connectivity index (χ4v) is 1.18. The van der Waals surface area contributed by atoms with Gasteiger partial charge in [-0.05, 0) is 13.5 Å². The zero-order valence-corrected chi connectivity index (χ0v) is 8.47. The van der Waals surface area contributed by atoms with Crippen molar-refractivity contribution in [2.45, 2.75) is 18.6 Å². The van der Waals surface area contributed by atoms with E-state index in [1.165, 1.54) is 19.1 Å². The molecule has 6 heteroatoms. The lowest BCUT2D eigenvalue weighted by atomic mass is 10.2. The molecule has 86 valence electrons. The van der Waals surface area contributed by atoms with Gasteiger partial charge in [-0.3, -0.25) is 4.90 Å². The maximum absolute atomic E-state index is 12.3. The molecule has 0 amide bonds. The number of methoxy groups -OCH3 is 1. The van der Waals surface area contributed by atoms with Crippen LogP contribution in [-0.4, -0.2) is 51.0 Å². The third-order valence-electron chi connectivity index (χ3n) is 1.99. The second kappa shape index (κ2) is 6.21. The molecule has 1 atom stereocenters. The number of halogens is 3. The van der Waals surface area contributed by atoms with Gasteiger partial charge < -0.3 is 10.5 Å². The van der Waals surface area contributed by atoms with E-state index >= 15 is 0 Å². The molecular formula is C8H17F3N2O. The fourth-order valence-electron chi connectivity index (χ4n) is 1.18. The van der Waals surface area contributed by atoms with Crippen LogP contribution in [0, 0.1) is 0 Å². The summed E-state index contributed by atoms with van der Waals surface area (Å²) < 4.78 is 41.7. The molecule has 0 aromatic heterocycles. The molecule has 0 aliphatic heterocycles. The predicted octanol–water partition coefficient (Wildman–Crippen LogP) is 0.844. The van der Waals surface area contributed by atoms with Gasteiger partial charge in [-0.25, -0.2) is 0 Å². The number of hydrogen-bond donors (Lipinski definition) is 1. The van der Waals surface area contributed by atoms with Crippen LogP contribution in [-0.2, 0) is 4.74 Å². The van der Waals surface area contributed by atoms with Gasteiger partial charge in [0.1, 0.15) is 6.04 Å². The molecule has 0 fully saturated rings. The number of nitrogens with two attached hydrogens (primary N) is 1. The summed E-state index contributed by atoms with van der Waals surface area (Å²) in [6.45, 7) is 0.377. The lowest BCUT2D eigenvalue weighted by Crippen LogP contribution is -2.48. The molecule has 0 heterocycles. The van der Waals surface area contributed by atoms with Crippen LogP contribution in [0.2, 0.25) is 0 Å². The van der Waals surface area contributed by atoms with Crippen LogP contribution >= 0.6 is 0 Å². The Bertz CT molecular complexity index is 152. The second-order valence-electron chi connectivity index (χ2n) is 3.12. The molecule has 0 spiro atoms. The van der Waals surface area contributed by atoms with Gasteiger partial charge in [0.2, 0.25) is 0 Å². The number of rotatable bonds is 6. The van der Waals surface area contributed by atoms with Crippen LogP contribution in [0.3, 0.4) is 0 Å². The Kier molecular flexibility index (Phi) is 6.06. The quantitative estimate of drug-likeness (QED) is 0.666. The lowest BCUT2D eigenvalue weighted by Gasteiger charge is -2.28. The van der Waals surface area contributed by atoms with Gasteiger partial charge in [-0.1, -0.05) is 0 Å². The van der Waals surface area contributed by atoms with Crippen LogP contribution < -0.4 is 5.73 Å². The predicted molar refractivity (Wildman–Crippen MR) is 48.0 cm³/mol. The van der Waals surface area contributed by atoms with Crippen LogP contribution in [0.4, 0.5) is 13.2 Å². The molecule has 14 heavy (non-hydrogen) atoms. The number of ether oxygens (including phenoxy) is 1. The molecule has 0 saturated carbocycles. The summed E-state index contributed by atoms with van der Waals surface area (Å²) in [4.78, 5) is 1.21. The van der Waals surface area contributed by atoms with Gasteiger partial charge >= 0.3 is 6.18 Å². The van der Waals surface area contributed by atoms with Crippen molar-refractivity contribution >= 4 is 0 Å². The van der Waals surface area contributed by atoms with Gasteiger partial charge in [0, 0.05) is 26.8 Å². The van der Waals surface area contributed by atoms with Crippen molar-refractivity contribution in [3.05, 3.63) is 0 Å². The Morgan fingerprint density at radius 2 is 2.00 bits per heavy atom. The van der Waals surface area contributed by atoms with E-state index in [4.69, 9.17) is 10.5 Å². The first-order valence-electron chi connectivity index (χ1n) is 4.39. The molecule has 3 nitrogen and oxygen atoms in total. The molecule has 0 aromatic carbocycles. The van der Waals surface area contributed by atoms with E-state index in [0.717, 1.165) is 0 Å². The number of nitrogens with zero attached hydrogens (tertiary/aromatic N) is 1. The minimum absolute atomic E-state index is 0.329. The summed E-state index contributed by atoms with van der Waals surface area (Å²) >= 11 is 0. The highest BCUT2D eigenvalue weighted by Crippen LogP contribution is 2.23. The van der Waals surface area contributed by atoms with Gasteiger partial charge in [-0.15, -0.1) is 0 Å². The molecule has 0 rings (SSSR count). The van der Waals surface area contributed by atoms with Crippen molar-refractivity contribution in [2.24, 2.45) is 5.73 Å². The number of hydrogen-bond acceptors (Lipinski definition) is 3. The van der Waals surface area contributed by atoms with Crippen LogP contribution in [0.25, 0.3) is 0 Å². The average molecular weight is 214 g/mol. The zero-order valence-electron chi connectivity index (χ0n) is 8.47. The van der Waals surface area contributed by atoms with E-state index in [1.54, 1.807) is 0 Å². The van der Waals surface area contributed by atoms with Crippen molar-refractivity contribution in [3.63, 3.8) is 0 Å². The van der Waals surface area contributed by atoms with Gasteiger partial charge in [-0.2, -0.15) is 13.2 Å². The van der Waals surface area contributed by atoms with Crippen LogP contribution in [0.5, 0.6) is 0 Å². The summed E-state index contributed by atoms with van der Waals surface area (Å²) in [6.07, 6.45) is -3.68. The Hall–Kier alpha value is -0.330. The molecule has 0 bridgehead atoms. The van der Waals surface area contributed by atoms with Crippen molar-refractivity contribution < 1.29 is 17.9 Å². The monoisotopic (exact) mass is 214 g/mol. The lowest BCUT2D eigenvalue weighted by molar-refractivity contribution is -0.177. The molecule has 0 aliphatic carbocycles. The Morgan fingerprint density at radius 1 is 1.43 bits per heavy atom. The zero-order chi connectivity index (χ0) is 11.2. The molecule has 2 N–H and O–H groups in total. The van der Waals surface area contributed by atoms with Gasteiger partial charge in [0.05, 0.1) is 0 Å². The Labute approximate surface area is 82.0 Å². The van der Waals surface area contributed by atoms with Crippen molar-refractivity contribution in [1.82, 2.24) is 4.90 Å². The molecule has 0 aliphatic rings. The summed E-state index contributed by atoms with van der Waals surface area (Å²) in [5, 5.41) is 0. The van der Waals surface area contributed by atoms with Crippen LogP contribution in [0.1, 0.15) is 6.42 Å². The SMILES string of the molecule is COCCCN(C)C(CN)C(F)(F)F. The maximum Gasteiger partial charge on any atom is 0.405 e. The highest BCUT2D eigenvalue weighted by atomic mass is 19.4.